The van der Waals surface area contributed by atoms with E-state index in [1.54, 1.807) is 13.1 Å². The van der Waals surface area contributed by atoms with E-state index in [9.17, 15) is 4.79 Å². The van der Waals surface area contributed by atoms with E-state index in [1.165, 1.54) is 11.1 Å². The van der Waals surface area contributed by atoms with Gasteiger partial charge in [0, 0.05) is 32.2 Å². The van der Waals surface area contributed by atoms with E-state index in [0.29, 0.717) is 6.04 Å². The highest BCUT2D eigenvalue weighted by molar-refractivity contribution is 5.77. The fourth-order valence-corrected chi connectivity index (χ4v) is 3.41. The third kappa shape index (κ3) is 3.22. The maximum atomic E-state index is 11.6. The summed E-state index contributed by atoms with van der Waals surface area (Å²) in [5, 5.41) is 7.84. The van der Waals surface area contributed by atoms with Gasteiger partial charge in [-0.25, -0.2) is 9.67 Å². The number of piperidine rings is 1. The van der Waals surface area contributed by atoms with E-state index in [0.717, 1.165) is 48.7 Å². The Balaban J connectivity index is 1.50. The molecule has 4 rings (SSSR count). The van der Waals surface area contributed by atoms with Crippen molar-refractivity contribution in [1.29, 1.82) is 0 Å². The summed E-state index contributed by atoms with van der Waals surface area (Å²) in [6, 6.07) is 11.7. The molecule has 1 atom stereocenters. The number of benzene rings is 1. The highest BCUT2D eigenvalue weighted by atomic mass is 16.1. The van der Waals surface area contributed by atoms with E-state index in [4.69, 9.17) is 0 Å². The number of aromatic amines is 1. The van der Waals surface area contributed by atoms with E-state index >= 15 is 0 Å². The van der Waals surface area contributed by atoms with Crippen LogP contribution >= 0.6 is 0 Å². The second-order valence-corrected chi connectivity index (χ2v) is 6.48. The molecule has 0 radical (unpaired) electrons. The number of aromatic nitrogens is 4. The fraction of sp³-hybridized carbons (Fsp3) is 0.389. The largest absolute Gasteiger partial charge is 0.354 e. The Morgan fingerprint density at radius 3 is 2.96 bits per heavy atom. The molecule has 1 saturated heterocycles. The molecule has 2 N–H and O–H groups in total. The van der Waals surface area contributed by atoms with Crippen LogP contribution in [0.1, 0.15) is 19.3 Å². The van der Waals surface area contributed by atoms with Crippen molar-refractivity contribution in [3.05, 3.63) is 46.8 Å². The van der Waals surface area contributed by atoms with Crippen molar-refractivity contribution in [3.8, 4) is 0 Å². The van der Waals surface area contributed by atoms with Crippen molar-refractivity contribution in [1.82, 2.24) is 19.7 Å². The van der Waals surface area contributed by atoms with Crippen LogP contribution in [0.2, 0.25) is 0 Å². The number of anilines is 2. The molecule has 0 amide bonds. The second-order valence-electron chi connectivity index (χ2n) is 6.48. The molecule has 3 aromatic rings. The van der Waals surface area contributed by atoms with Crippen molar-refractivity contribution in [2.75, 3.05) is 23.3 Å². The lowest BCUT2D eigenvalue weighted by molar-refractivity contribution is 0.464. The van der Waals surface area contributed by atoms with Crippen LogP contribution in [-0.4, -0.2) is 38.9 Å². The van der Waals surface area contributed by atoms with Crippen LogP contribution in [0.4, 0.5) is 11.8 Å². The third-order valence-corrected chi connectivity index (χ3v) is 4.76. The number of hydrogen-bond acceptors (Lipinski definition) is 5. The first-order chi connectivity index (χ1) is 12.2. The minimum Gasteiger partial charge on any atom is -0.354 e. The highest BCUT2D eigenvalue weighted by Crippen LogP contribution is 2.23. The number of hydrogen-bond donors (Lipinski definition) is 2. The first-order valence-electron chi connectivity index (χ1n) is 8.70. The maximum absolute atomic E-state index is 11.6. The Labute approximate surface area is 145 Å². The molecule has 1 fully saturated rings. The summed E-state index contributed by atoms with van der Waals surface area (Å²) in [7, 11) is 1.69. The number of fused-ring (bicyclic) bond motifs is 1. The number of nitrogens with one attached hydrogen (secondary N) is 2. The number of para-hydroxylation sites is 2. The quantitative estimate of drug-likeness (QED) is 0.762. The molecule has 130 valence electrons. The molecule has 1 aliphatic heterocycles. The molecule has 0 saturated carbocycles. The lowest BCUT2D eigenvalue weighted by Crippen LogP contribution is -2.45. The summed E-state index contributed by atoms with van der Waals surface area (Å²) in [6.07, 6.45) is 3.44. The first kappa shape index (κ1) is 15.7. The maximum Gasteiger partial charge on any atom is 0.266 e. The zero-order valence-electron chi connectivity index (χ0n) is 14.3. The Bertz CT molecular complexity index is 897. The van der Waals surface area contributed by atoms with Crippen molar-refractivity contribution in [3.63, 3.8) is 0 Å². The average Bonchev–Trinajstić information content (AvgIpc) is 3.05. The van der Waals surface area contributed by atoms with Crippen LogP contribution < -0.4 is 15.8 Å². The highest BCUT2D eigenvalue weighted by Gasteiger charge is 2.24. The lowest BCUT2D eigenvalue weighted by atomic mass is 10.0. The van der Waals surface area contributed by atoms with Crippen LogP contribution in [0.15, 0.2) is 41.2 Å². The summed E-state index contributed by atoms with van der Waals surface area (Å²) in [5.41, 5.74) is 1.91. The first-order valence-corrected chi connectivity index (χ1v) is 8.70. The van der Waals surface area contributed by atoms with Crippen molar-refractivity contribution < 1.29 is 0 Å². The van der Waals surface area contributed by atoms with Crippen molar-refractivity contribution in [2.24, 2.45) is 7.05 Å². The molecule has 7 nitrogen and oxygen atoms in total. The Kier molecular flexibility index (Phi) is 4.13. The second kappa shape index (κ2) is 6.58. The SMILES string of the molecule is Cn1nc(N2CCCCC2CNc2nc3ccccc3[nH]2)ccc1=O. The number of rotatable bonds is 4. The summed E-state index contributed by atoms with van der Waals surface area (Å²) >= 11 is 0. The van der Waals surface area contributed by atoms with E-state index < -0.39 is 0 Å². The van der Waals surface area contributed by atoms with Gasteiger partial charge in [-0.15, -0.1) is 0 Å². The monoisotopic (exact) mass is 338 g/mol. The summed E-state index contributed by atoms with van der Waals surface area (Å²) in [4.78, 5) is 21.8. The molecule has 0 aliphatic carbocycles. The number of H-pyrrole nitrogens is 1. The smallest absolute Gasteiger partial charge is 0.266 e. The summed E-state index contributed by atoms with van der Waals surface area (Å²) in [5.74, 6) is 1.65. The predicted octanol–water partition coefficient (Wildman–Crippen LogP) is 2.13. The van der Waals surface area contributed by atoms with Crippen molar-refractivity contribution in [2.45, 2.75) is 25.3 Å². The molecule has 1 unspecified atom stereocenters. The number of aryl methyl sites for hydroxylation is 1. The zero-order chi connectivity index (χ0) is 17.2. The van der Waals surface area contributed by atoms with Gasteiger partial charge in [0.2, 0.25) is 5.95 Å². The normalized spacial score (nSPS) is 17.8. The third-order valence-electron chi connectivity index (χ3n) is 4.76. The number of imidazole rings is 1. The minimum atomic E-state index is -0.0855. The van der Waals surface area contributed by atoms with Crippen LogP contribution in [0, 0.1) is 0 Å². The van der Waals surface area contributed by atoms with Crippen molar-refractivity contribution >= 4 is 22.8 Å². The predicted molar refractivity (Wildman–Crippen MR) is 99.0 cm³/mol. The number of nitrogens with zero attached hydrogens (tertiary/aromatic N) is 4. The molecule has 3 heterocycles. The molecule has 25 heavy (non-hydrogen) atoms. The Hall–Kier alpha value is -2.83. The van der Waals surface area contributed by atoms with Crippen LogP contribution in [0.3, 0.4) is 0 Å². The van der Waals surface area contributed by atoms with Gasteiger partial charge in [0.1, 0.15) is 5.82 Å². The average molecular weight is 338 g/mol. The van der Waals surface area contributed by atoms with Gasteiger partial charge in [-0.05, 0) is 37.5 Å². The Morgan fingerprint density at radius 2 is 2.12 bits per heavy atom. The zero-order valence-corrected chi connectivity index (χ0v) is 14.3. The van der Waals surface area contributed by atoms with Crippen LogP contribution in [0.25, 0.3) is 11.0 Å². The van der Waals surface area contributed by atoms with Gasteiger partial charge >= 0.3 is 0 Å². The Morgan fingerprint density at radius 1 is 1.24 bits per heavy atom. The van der Waals surface area contributed by atoms with Gasteiger partial charge in [-0.3, -0.25) is 4.79 Å². The van der Waals surface area contributed by atoms with E-state index in [1.807, 2.05) is 30.3 Å². The van der Waals surface area contributed by atoms with E-state index in [2.05, 4.69) is 25.3 Å². The van der Waals surface area contributed by atoms with Gasteiger partial charge in [-0.2, -0.15) is 5.10 Å². The molecule has 1 aromatic carbocycles. The van der Waals surface area contributed by atoms with E-state index in [-0.39, 0.29) is 5.56 Å². The molecule has 1 aliphatic rings. The van der Waals surface area contributed by atoms with Gasteiger partial charge in [0.15, 0.2) is 0 Å². The van der Waals surface area contributed by atoms with Gasteiger partial charge in [0.05, 0.1) is 11.0 Å². The summed E-state index contributed by atoms with van der Waals surface area (Å²) < 4.78 is 1.40. The minimum absolute atomic E-state index is 0.0855. The van der Waals surface area contributed by atoms with Gasteiger partial charge < -0.3 is 15.2 Å². The van der Waals surface area contributed by atoms with Crippen LogP contribution in [0.5, 0.6) is 0 Å². The molecule has 0 spiro atoms. The van der Waals surface area contributed by atoms with Crippen LogP contribution in [-0.2, 0) is 7.05 Å². The topological polar surface area (TPSA) is 78.8 Å². The van der Waals surface area contributed by atoms with Gasteiger partial charge in [-0.1, -0.05) is 12.1 Å². The lowest BCUT2D eigenvalue weighted by Gasteiger charge is -2.36. The molecular formula is C18H22N6O. The fourth-order valence-electron chi connectivity index (χ4n) is 3.41. The molecule has 0 bridgehead atoms. The standard InChI is InChI=1S/C18H22N6O/c1-23-17(25)10-9-16(22-23)24-11-5-4-6-13(24)12-19-18-20-14-7-2-3-8-15(14)21-18/h2-3,7-10,13H,4-6,11-12H2,1H3,(H2,19,20,21). The summed E-state index contributed by atoms with van der Waals surface area (Å²) in [6.45, 7) is 1.74. The molecular weight excluding hydrogens is 316 g/mol. The molecule has 2 aromatic heterocycles. The van der Waals surface area contributed by atoms with Gasteiger partial charge in [0.25, 0.3) is 5.56 Å². The molecule has 7 heteroatoms.